The van der Waals surface area contributed by atoms with Crippen molar-refractivity contribution >= 4 is 23.5 Å². The molecule has 7 nitrogen and oxygen atoms in total. The molecule has 27 heavy (non-hydrogen) atoms. The van der Waals surface area contributed by atoms with Gasteiger partial charge >= 0.3 is 0 Å². The first kappa shape index (κ1) is 17.9. The third kappa shape index (κ3) is 3.18. The fourth-order valence-electron chi connectivity index (χ4n) is 3.61. The fourth-order valence-corrected chi connectivity index (χ4v) is 4.16. The predicted molar refractivity (Wildman–Crippen MR) is 103 cm³/mol. The summed E-state index contributed by atoms with van der Waals surface area (Å²) in [6, 6.07) is 4.84. The fraction of sp³-hybridized carbons (Fsp3) is 0.421. The van der Waals surface area contributed by atoms with Gasteiger partial charge in [0.25, 0.3) is 0 Å². The normalized spacial score (nSPS) is 18.7. The maximum atomic E-state index is 12.8. The van der Waals surface area contributed by atoms with Gasteiger partial charge in [-0.1, -0.05) is 24.8 Å². The molecule has 2 aliphatic rings. The number of nitrogens with zero attached hydrogens (tertiary/aromatic N) is 3. The number of nitrogens with one attached hydrogen (secondary N) is 1. The van der Waals surface area contributed by atoms with E-state index in [2.05, 4.69) is 22.3 Å². The lowest BCUT2D eigenvalue weighted by atomic mass is 9.85. The summed E-state index contributed by atoms with van der Waals surface area (Å²) in [5.74, 6) is 2.14. The Balaban J connectivity index is 1.86. The van der Waals surface area contributed by atoms with E-state index < -0.39 is 0 Å². The van der Waals surface area contributed by atoms with Crippen molar-refractivity contribution in [1.82, 2.24) is 14.8 Å². The third-order valence-corrected chi connectivity index (χ3v) is 5.44. The standard InChI is InChI=1S/C19H22N4O3S/c1-3-26-15-10-11(8-9-13(15)24)17-16-12(6-5-7-14(16)25)20-18-21-19(27-4-2)22-23(17)18/h8-10,17,24H,3-7H2,1-2H3,(H,20,21,22)/t17-/m1/s1. The number of aromatic nitrogens is 3. The van der Waals surface area contributed by atoms with E-state index in [1.54, 1.807) is 28.6 Å². The second-order valence-electron chi connectivity index (χ2n) is 6.45. The summed E-state index contributed by atoms with van der Waals surface area (Å²) in [6.45, 7) is 4.37. The van der Waals surface area contributed by atoms with E-state index in [0.717, 1.165) is 35.4 Å². The van der Waals surface area contributed by atoms with Gasteiger partial charge in [0, 0.05) is 17.7 Å². The first-order valence-electron chi connectivity index (χ1n) is 9.20. The van der Waals surface area contributed by atoms with Crippen molar-refractivity contribution in [3.63, 3.8) is 0 Å². The Labute approximate surface area is 161 Å². The van der Waals surface area contributed by atoms with Crippen LogP contribution in [-0.2, 0) is 4.79 Å². The van der Waals surface area contributed by atoms with Crippen molar-refractivity contribution in [1.29, 1.82) is 0 Å². The number of carbonyl (C=O) groups is 1. The minimum Gasteiger partial charge on any atom is -0.504 e. The number of allylic oxidation sites excluding steroid dienone is 2. The molecule has 0 radical (unpaired) electrons. The van der Waals surface area contributed by atoms with Crippen LogP contribution in [0.2, 0.25) is 0 Å². The Hall–Kier alpha value is -2.48. The molecule has 0 saturated heterocycles. The molecule has 142 valence electrons. The first-order valence-corrected chi connectivity index (χ1v) is 10.2. The average Bonchev–Trinajstić information content (AvgIpc) is 3.05. The first-order chi connectivity index (χ1) is 13.1. The second kappa shape index (κ2) is 7.26. The molecular formula is C19H22N4O3S. The van der Waals surface area contributed by atoms with Crippen LogP contribution in [-0.4, -0.2) is 38.0 Å². The molecule has 0 amide bonds. The van der Waals surface area contributed by atoms with Gasteiger partial charge in [0.2, 0.25) is 11.1 Å². The van der Waals surface area contributed by atoms with Crippen LogP contribution in [0.5, 0.6) is 11.5 Å². The molecule has 0 saturated carbocycles. The zero-order chi connectivity index (χ0) is 19.0. The van der Waals surface area contributed by atoms with Crippen molar-refractivity contribution in [2.75, 3.05) is 17.7 Å². The van der Waals surface area contributed by atoms with Crippen LogP contribution < -0.4 is 10.1 Å². The smallest absolute Gasteiger partial charge is 0.227 e. The number of hydrogen-bond acceptors (Lipinski definition) is 7. The Morgan fingerprint density at radius 2 is 2.22 bits per heavy atom. The Kier molecular flexibility index (Phi) is 4.82. The number of thioether (sulfide) groups is 1. The van der Waals surface area contributed by atoms with Crippen molar-refractivity contribution in [2.45, 2.75) is 44.3 Å². The quantitative estimate of drug-likeness (QED) is 0.760. The monoisotopic (exact) mass is 386 g/mol. The summed E-state index contributed by atoms with van der Waals surface area (Å²) in [5, 5.41) is 18.7. The molecule has 0 unspecified atom stereocenters. The highest BCUT2D eigenvalue weighted by atomic mass is 32.2. The minimum absolute atomic E-state index is 0.0831. The van der Waals surface area contributed by atoms with Crippen LogP contribution in [0.1, 0.15) is 44.7 Å². The summed E-state index contributed by atoms with van der Waals surface area (Å²) in [7, 11) is 0. The van der Waals surface area contributed by atoms with E-state index in [9.17, 15) is 9.90 Å². The minimum atomic E-state index is -0.373. The number of ether oxygens (including phenoxy) is 1. The van der Waals surface area contributed by atoms with Crippen molar-refractivity contribution in [2.24, 2.45) is 0 Å². The van der Waals surface area contributed by atoms with E-state index >= 15 is 0 Å². The summed E-state index contributed by atoms with van der Waals surface area (Å²) < 4.78 is 7.33. The van der Waals surface area contributed by atoms with E-state index in [1.807, 2.05) is 13.0 Å². The van der Waals surface area contributed by atoms with E-state index in [0.29, 0.717) is 29.9 Å². The SMILES string of the molecule is CCOc1cc([C@@H]2C3=C(CCCC3=O)Nc3nc(SCC)nn32)ccc1O. The number of aromatic hydroxyl groups is 1. The number of hydrogen-bond donors (Lipinski definition) is 2. The molecule has 1 aliphatic carbocycles. The lowest BCUT2D eigenvalue weighted by molar-refractivity contribution is -0.116. The van der Waals surface area contributed by atoms with Crippen LogP contribution in [0.4, 0.5) is 5.95 Å². The van der Waals surface area contributed by atoms with Gasteiger partial charge in [-0.2, -0.15) is 4.98 Å². The highest BCUT2D eigenvalue weighted by Crippen LogP contribution is 2.42. The molecule has 8 heteroatoms. The summed E-state index contributed by atoms with van der Waals surface area (Å²) in [4.78, 5) is 17.4. The predicted octanol–water partition coefficient (Wildman–Crippen LogP) is 3.52. The lowest BCUT2D eigenvalue weighted by Crippen LogP contribution is -2.31. The molecule has 1 aromatic carbocycles. The molecule has 1 atom stereocenters. The molecule has 0 bridgehead atoms. The maximum absolute atomic E-state index is 12.8. The van der Waals surface area contributed by atoms with Gasteiger partial charge in [0.05, 0.1) is 6.61 Å². The van der Waals surface area contributed by atoms with Crippen LogP contribution in [0.15, 0.2) is 34.6 Å². The number of anilines is 1. The number of fused-ring (bicyclic) bond motifs is 1. The lowest BCUT2D eigenvalue weighted by Gasteiger charge is -2.32. The molecule has 0 spiro atoms. The van der Waals surface area contributed by atoms with Gasteiger partial charge in [0.15, 0.2) is 17.3 Å². The van der Waals surface area contributed by atoms with Gasteiger partial charge in [-0.05, 0) is 43.2 Å². The third-order valence-electron chi connectivity index (χ3n) is 4.72. The zero-order valence-corrected chi connectivity index (χ0v) is 16.2. The highest BCUT2D eigenvalue weighted by molar-refractivity contribution is 7.99. The molecule has 1 aromatic heterocycles. The van der Waals surface area contributed by atoms with Gasteiger partial charge in [-0.15, -0.1) is 5.10 Å². The number of Topliss-reactive ketones (excluding diaryl/α,β-unsaturated/α-hetero) is 1. The van der Waals surface area contributed by atoms with Crippen LogP contribution >= 0.6 is 11.8 Å². The van der Waals surface area contributed by atoms with Crippen LogP contribution in [0.3, 0.4) is 0 Å². The van der Waals surface area contributed by atoms with Crippen molar-refractivity contribution in [3.8, 4) is 11.5 Å². The molecule has 2 N–H and O–H groups in total. The largest absolute Gasteiger partial charge is 0.504 e. The maximum Gasteiger partial charge on any atom is 0.227 e. The van der Waals surface area contributed by atoms with Crippen molar-refractivity contribution < 1.29 is 14.6 Å². The zero-order valence-electron chi connectivity index (χ0n) is 15.4. The number of carbonyl (C=O) groups excluding carboxylic acids is 1. The molecular weight excluding hydrogens is 364 g/mol. The highest BCUT2D eigenvalue weighted by Gasteiger charge is 2.37. The molecule has 0 fully saturated rings. The van der Waals surface area contributed by atoms with Gasteiger partial charge < -0.3 is 15.2 Å². The van der Waals surface area contributed by atoms with E-state index in [1.165, 1.54) is 0 Å². The number of ketones is 1. The van der Waals surface area contributed by atoms with E-state index in [4.69, 9.17) is 4.74 Å². The van der Waals surface area contributed by atoms with Gasteiger partial charge in [-0.25, -0.2) is 4.68 Å². The summed E-state index contributed by atoms with van der Waals surface area (Å²) >= 11 is 1.56. The van der Waals surface area contributed by atoms with E-state index in [-0.39, 0.29) is 17.6 Å². The van der Waals surface area contributed by atoms with Crippen molar-refractivity contribution in [3.05, 3.63) is 35.0 Å². The number of benzene rings is 1. The number of phenols is 1. The molecule has 2 heterocycles. The number of phenolic OH excluding ortho intramolecular Hbond substituents is 1. The van der Waals surface area contributed by atoms with Crippen LogP contribution in [0.25, 0.3) is 0 Å². The molecule has 2 aromatic rings. The van der Waals surface area contributed by atoms with Gasteiger partial charge in [-0.3, -0.25) is 4.79 Å². The summed E-state index contributed by atoms with van der Waals surface area (Å²) in [6.07, 6.45) is 2.19. The topological polar surface area (TPSA) is 89.3 Å². The average molecular weight is 386 g/mol. The van der Waals surface area contributed by atoms with Crippen LogP contribution in [0, 0.1) is 0 Å². The summed E-state index contributed by atoms with van der Waals surface area (Å²) in [5.41, 5.74) is 2.51. The molecule has 1 aliphatic heterocycles. The second-order valence-corrected chi connectivity index (χ2v) is 7.68. The Morgan fingerprint density at radius 3 is 3.00 bits per heavy atom. The number of rotatable bonds is 5. The molecule has 4 rings (SSSR count). The Bertz CT molecular complexity index is 922. The van der Waals surface area contributed by atoms with Gasteiger partial charge in [0.1, 0.15) is 6.04 Å². The Morgan fingerprint density at radius 1 is 1.37 bits per heavy atom.